The predicted molar refractivity (Wildman–Crippen MR) is 118 cm³/mol. The van der Waals surface area contributed by atoms with Gasteiger partial charge in [-0.05, 0) is 34.4 Å². The monoisotopic (exact) mass is 402 g/mol. The largest absolute Gasteiger partial charge is 0.274 e. The highest BCUT2D eigenvalue weighted by atomic mass is 16.2. The fraction of sp³-hybridized carbons (Fsp3) is 0.148. The zero-order valence-electron chi connectivity index (χ0n) is 16.6. The molecule has 4 nitrogen and oxygen atoms in total. The summed E-state index contributed by atoms with van der Waals surface area (Å²) in [6.07, 6.45) is 1.71. The Hall–Kier alpha value is -3.79. The van der Waals surface area contributed by atoms with Crippen LogP contribution in [0, 0.1) is 11.8 Å². The van der Waals surface area contributed by atoms with Gasteiger partial charge in [-0.25, -0.2) is 4.90 Å². The third kappa shape index (κ3) is 2.02. The van der Waals surface area contributed by atoms with Gasteiger partial charge < -0.3 is 0 Å². The summed E-state index contributed by atoms with van der Waals surface area (Å²) in [6, 6.07) is 26.1. The first-order valence-electron chi connectivity index (χ1n) is 10.6. The number of nitrogens with zero attached hydrogens (tertiary/aromatic N) is 2. The lowest BCUT2D eigenvalue weighted by Gasteiger charge is -2.45. The number of fused-ring (bicyclic) bond motifs is 1. The van der Waals surface area contributed by atoms with Crippen molar-refractivity contribution in [3.05, 3.63) is 107 Å². The normalized spacial score (nSPS) is 25.5. The van der Waals surface area contributed by atoms with Gasteiger partial charge in [-0.1, -0.05) is 66.7 Å². The van der Waals surface area contributed by atoms with Crippen LogP contribution in [0.15, 0.2) is 85.1 Å². The van der Waals surface area contributed by atoms with E-state index in [9.17, 15) is 9.59 Å². The molecule has 31 heavy (non-hydrogen) atoms. The Labute approximate surface area is 179 Å². The second-order valence-corrected chi connectivity index (χ2v) is 8.63. The molecule has 1 saturated heterocycles. The van der Waals surface area contributed by atoms with Gasteiger partial charge in [0.25, 0.3) is 0 Å². The topological polar surface area (TPSA) is 50.3 Å². The Morgan fingerprint density at radius 2 is 1.13 bits per heavy atom. The zero-order chi connectivity index (χ0) is 20.7. The molecule has 4 heteroatoms. The first-order valence-corrected chi connectivity index (χ1v) is 10.6. The second kappa shape index (κ2) is 5.88. The Morgan fingerprint density at radius 1 is 0.613 bits per heavy atom. The molecule has 0 unspecified atom stereocenters. The van der Waals surface area contributed by atoms with Gasteiger partial charge in [-0.3, -0.25) is 14.6 Å². The van der Waals surface area contributed by atoms with Crippen molar-refractivity contribution in [3.63, 3.8) is 0 Å². The quantitative estimate of drug-likeness (QED) is 0.436. The Kier molecular flexibility index (Phi) is 3.22. The van der Waals surface area contributed by atoms with Crippen molar-refractivity contribution in [3.8, 4) is 0 Å². The summed E-state index contributed by atoms with van der Waals surface area (Å²) in [7, 11) is 0. The summed E-state index contributed by atoms with van der Waals surface area (Å²) in [5, 5.41) is 0.921. The Bertz CT molecular complexity index is 1300. The number of benzene rings is 3. The van der Waals surface area contributed by atoms with Gasteiger partial charge in [-0.15, -0.1) is 0 Å². The van der Waals surface area contributed by atoms with Gasteiger partial charge in [0.2, 0.25) is 11.8 Å². The molecule has 1 fully saturated rings. The van der Waals surface area contributed by atoms with Crippen LogP contribution in [0.4, 0.5) is 5.69 Å². The molecule has 0 N–H and O–H groups in total. The smallest absolute Gasteiger partial charge is 0.238 e. The minimum absolute atomic E-state index is 0.0909. The van der Waals surface area contributed by atoms with Crippen molar-refractivity contribution in [2.75, 3.05) is 4.90 Å². The first kappa shape index (κ1) is 16.9. The molecule has 1 aromatic heterocycles. The average molecular weight is 402 g/mol. The van der Waals surface area contributed by atoms with Crippen LogP contribution in [0.1, 0.15) is 34.1 Å². The van der Waals surface area contributed by atoms with Crippen molar-refractivity contribution in [2.24, 2.45) is 11.8 Å². The SMILES string of the molecule is O=C1[C@@H]2C3c4ccccc4C(c4ccccc43)[C@@H]2C(=O)N1c1cccc2cccnc12. The molecule has 2 bridgehead atoms. The highest BCUT2D eigenvalue weighted by molar-refractivity contribution is 6.25. The molecule has 1 aliphatic heterocycles. The van der Waals surface area contributed by atoms with E-state index in [1.165, 1.54) is 27.2 Å². The third-order valence-corrected chi connectivity index (χ3v) is 7.30. The van der Waals surface area contributed by atoms with Crippen LogP contribution in [-0.2, 0) is 9.59 Å². The van der Waals surface area contributed by atoms with E-state index in [1.54, 1.807) is 6.20 Å². The standard InChI is InChI=1S/C27H18N2O2/c30-26-23-21-16-9-1-2-10-17(16)22(19-12-4-3-11-18(19)21)24(23)27(31)29(26)20-13-5-7-15-8-6-14-28-25(15)20/h1-14,21-24H/t21?,22?,23-,24+. The number of aromatic nitrogens is 1. The lowest BCUT2D eigenvalue weighted by atomic mass is 9.55. The fourth-order valence-corrected chi connectivity index (χ4v) is 6.18. The van der Waals surface area contributed by atoms with Gasteiger partial charge in [0.1, 0.15) is 0 Å². The van der Waals surface area contributed by atoms with Gasteiger partial charge in [0, 0.05) is 23.4 Å². The summed E-state index contributed by atoms with van der Waals surface area (Å²) in [5.74, 6) is -1.14. The molecular formula is C27H18N2O2. The van der Waals surface area contributed by atoms with E-state index in [2.05, 4.69) is 29.2 Å². The predicted octanol–water partition coefficient (Wildman–Crippen LogP) is 4.63. The summed E-state index contributed by atoms with van der Waals surface area (Å²) in [5.41, 5.74) is 6.03. The number of hydrogen-bond acceptors (Lipinski definition) is 3. The number of para-hydroxylation sites is 1. The summed E-state index contributed by atoms with van der Waals surface area (Å²) < 4.78 is 0. The maximum Gasteiger partial charge on any atom is 0.238 e. The molecule has 3 aliphatic carbocycles. The lowest BCUT2D eigenvalue weighted by molar-refractivity contribution is -0.122. The highest BCUT2D eigenvalue weighted by Crippen LogP contribution is 2.61. The molecule has 0 spiro atoms. The maximum atomic E-state index is 13.9. The van der Waals surface area contributed by atoms with Crippen LogP contribution in [-0.4, -0.2) is 16.8 Å². The molecule has 4 aliphatic rings. The fourth-order valence-electron chi connectivity index (χ4n) is 6.18. The van der Waals surface area contributed by atoms with E-state index in [0.29, 0.717) is 11.2 Å². The molecule has 3 aromatic carbocycles. The van der Waals surface area contributed by atoms with Crippen molar-refractivity contribution in [2.45, 2.75) is 11.8 Å². The highest BCUT2D eigenvalue weighted by Gasteiger charge is 2.61. The van der Waals surface area contributed by atoms with Gasteiger partial charge in [0.05, 0.1) is 23.0 Å². The number of carbonyl (C=O) groups is 2. The first-order chi connectivity index (χ1) is 15.3. The molecule has 2 atom stereocenters. The van der Waals surface area contributed by atoms with Crippen LogP contribution in [0.3, 0.4) is 0 Å². The molecule has 0 radical (unpaired) electrons. The number of rotatable bonds is 1. The minimum atomic E-state index is -0.374. The summed E-state index contributed by atoms with van der Waals surface area (Å²) in [6.45, 7) is 0. The molecule has 2 heterocycles. The average Bonchev–Trinajstić information content (AvgIpc) is 3.09. The van der Waals surface area contributed by atoms with Crippen LogP contribution in [0.5, 0.6) is 0 Å². The molecular weight excluding hydrogens is 384 g/mol. The number of imide groups is 1. The van der Waals surface area contributed by atoms with Crippen LogP contribution in [0.25, 0.3) is 10.9 Å². The molecule has 2 amide bonds. The molecule has 148 valence electrons. The van der Waals surface area contributed by atoms with Gasteiger partial charge in [0.15, 0.2) is 0 Å². The number of hydrogen-bond donors (Lipinski definition) is 0. The number of pyridine rings is 1. The van der Waals surface area contributed by atoms with Crippen molar-refractivity contribution < 1.29 is 9.59 Å². The third-order valence-electron chi connectivity index (χ3n) is 7.30. The van der Waals surface area contributed by atoms with Crippen LogP contribution >= 0.6 is 0 Å². The van der Waals surface area contributed by atoms with E-state index >= 15 is 0 Å². The summed E-state index contributed by atoms with van der Waals surface area (Å²) >= 11 is 0. The Morgan fingerprint density at radius 3 is 1.68 bits per heavy atom. The van der Waals surface area contributed by atoms with Crippen LogP contribution < -0.4 is 4.90 Å². The van der Waals surface area contributed by atoms with Gasteiger partial charge in [-0.2, -0.15) is 0 Å². The van der Waals surface area contributed by atoms with Crippen molar-refractivity contribution in [1.82, 2.24) is 4.98 Å². The summed E-state index contributed by atoms with van der Waals surface area (Å²) in [4.78, 5) is 33.7. The van der Waals surface area contributed by atoms with E-state index in [1.807, 2.05) is 54.6 Å². The van der Waals surface area contributed by atoms with Gasteiger partial charge >= 0.3 is 0 Å². The maximum absolute atomic E-state index is 13.9. The minimum Gasteiger partial charge on any atom is -0.274 e. The van der Waals surface area contributed by atoms with E-state index < -0.39 is 0 Å². The lowest BCUT2D eigenvalue weighted by Crippen LogP contribution is -2.41. The molecule has 8 rings (SSSR count). The van der Waals surface area contributed by atoms with E-state index in [-0.39, 0.29) is 35.5 Å². The van der Waals surface area contributed by atoms with E-state index in [0.717, 1.165) is 5.39 Å². The second-order valence-electron chi connectivity index (χ2n) is 8.63. The van der Waals surface area contributed by atoms with Crippen molar-refractivity contribution >= 4 is 28.4 Å². The molecule has 4 aromatic rings. The van der Waals surface area contributed by atoms with Crippen molar-refractivity contribution in [1.29, 1.82) is 0 Å². The van der Waals surface area contributed by atoms with E-state index in [4.69, 9.17) is 0 Å². The molecule has 0 saturated carbocycles. The zero-order valence-corrected chi connectivity index (χ0v) is 16.6. The number of amides is 2. The number of anilines is 1. The Balaban J connectivity index is 1.47. The number of carbonyl (C=O) groups excluding carboxylic acids is 2. The van der Waals surface area contributed by atoms with Crippen LogP contribution in [0.2, 0.25) is 0 Å².